The standard InChI is InChI=1S/C8H16N2O3/c1-10-3-5-13-7(6-10)8(12)9-2-4-11/h7,11H,2-6H2,1H3,(H,9,12). The maximum Gasteiger partial charge on any atom is 0.250 e. The number of nitrogens with one attached hydrogen (secondary N) is 1. The molecule has 1 unspecified atom stereocenters. The van der Waals surface area contributed by atoms with Crippen LogP contribution in [0.2, 0.25) is 0 Å². The molecule has 0 radical (unpaired) electrons. The first-order valence-electron chi connectivity index (χ1n) is 4.42. The number of aliphatic hydroxyl groups is 1. The molecule has 1 atom stereocenters. The molecule has 5 nitrogen and oxygen atoms in total. The number of ether oxygens (including phenoxy) is 1. The molecular formula is C8H16N2O3. The van der Waals surface area contributed by atoms with E-state index in [-0.39, 0.29) is 18.6 Å². The van der Waals surface area contributed by atoms with Crippen molar-refractivity contribution in [1.82, 2.24) is 10.2 Å². The maximum absolute atomic E-state index is 11.3. The lowest BCUT2D eigenvalue weighted by molar-refractivity contribution is -0.137. The van der Waals surface area contributed by atoms with Crippen molar-refractivity contribution >= 4 is 5.91 Å². The lowest BCUT2D eigenvalue weighted by Gasteiger charge is -2.28. The number of morpholine rings is 1. The van der Waals surface area contributed by atoms with Gasteiger partial charge in [-0.05, 0) is 7.05 Å². The van der Waals surface area contributed by atoms with Gasteiger partial charge in [0.2, 0.25) is 0 Å². The van der Waals surface area contributed by atoms with E-state index in [1.807, 2.05) is 11.9 Å². The fourth-order valence-electron chi connectivity index (χ4n) is 1.23. The maximum atomic E-state index is 11.3. The number of aliphatic hydroxyl groups excluding tert-OH is 1. The Labute approximate surface area is 77.7 Å². The number of likely N-dealkylation sites (N-methyl/N-ethyl adjacent to an activating group) is 1. The Morgan fingerprint density at radius 2 is 2.54 bits per heavy atom. The number of hydrogen-bond acceptors (Lipinski definition) is 4. The Hall–Kier alpha value is -0.650. The Balaban J connectivity index is 2.28. The van der Waals surface area contributed by atoms with E-state index in [0.29, 0.717) is 19.7 Å². The molecule has 13 heavy (non-hydrogen) atoms. The summed E-state index contributed by atoms with van der Waals surface area (Å²) >= 11 is 0. The number of amides is 1. The third-order valence-electron chi connectivity index (χ3n) is 1.97. The molecule has 1 aliphatic heterocycles. The third-order valence-corrected chi connectivity index (χ3v) is 1.97. The van der Waals surface area contributed by atoms with Crippen molar-refractivity contribution in [3.05, 3.63) is 0 Å². The molecule has 2 N–H and O–H groups in total. The van der Waals surface area contributed by atoms with E-state index >= 15 is 0 Å². The zero-order valence-corrected chi connectivity index (χ0v) is 7.82. The van der Waals surface area contributed by atoms with E-state index < -0.39 is 0 Å². The molecule has 0 saturated carbocycles. The van der Waals surface area contributed by atoms with Gasteiger partial charge < -0.3 is 20.1 Å². The van der Waals surface area contributed by atoms with Crippen molar-refractivity contribution in [3.63, 3.8) is 0 Å². The second kappa shape index (κ2) is 5.16. The number of hydrogen-bond donors (Lipinski definition) is 2. The smallest absolute Gasteiger partial charge is 0.250 e. The van der Waals surface area contributed by atoms with E-state index in [1.165, 1.54) is 0 Å². The molecular weight excluding hydrogens is 172 g/mol. The highest BCUT2D eigenvalue weighted by Gasteiger charge is 2.23. The molecule has 1 rings (SSSR count). The van der Waals surface area contributed by atoms with Crippen LogP contribution in [0.4, 0.5) is 0 Å². The van der Waals surface area contributed by atoms with E-state index in [9.17, 15) is 4.79 Å². The minimum atomic E-state index is -0.384. The van der Waals surface area contributed by atoms with Gasteiger partial charge in [-0.25, -0.2) is 0 Å². The quantitative estimate of drug-likeness (QED) is 0.561. The Kier molecular flexibility index (Phi) is 4.14. The summed E-state index contributed by atoms with van der Waals surface area (Å²) in [7, 11) is 1.95. The van der Waals surface area contributed by atoms with Crippen LogP contribution in [0.5, 0.6) is 0 Å². The largest absolute Gasteiger partial charge is 0.395 e. The van der Waals surface area contributed by atoms with Gasteiger partial charge in [-0.1, -0.05) is 0 Å². The molecule has 1 heterocycles. The highest BCUT2D eigenvalue weighted by atomic mass is 16.5. The second-order valence-electron chi connectivity index (χ2n) is 3.14. The Morgan fingerprint density at radius 1 is 1.77 bits per heavy atom. The first-order chi connectivity index (χ1) is 6.24. The fourth-order valence-corrected chi connectivity index (χ4v) is 1.23. The predicted octanol–water partition coefficient (Wildman–Crippen LogP) is -1.57. The number of carbonyl (C=O) groups excluding carboxylic acids is 1. The molecule has 0 aromatic rings. The zero-order valence-electron chi connectivity index (χ0n) is 7.82. The summed E-state index contributed by atoms with van der Waals surface area (Å²) in [6.07, 6.45) is -0.384. The van der Waals surface area contributed by atoms with Crippen LogP contribution in [0.1, 0.15) is 0 Å². The second-order valence-corrected chi connectivity index (χ2v) is 3.14. The van der Waals surface area contributed by atoms with E-state index in [4.69, 9.17) is 9.84 Å². The van der Waals surface area contributed by atoms with Gasteiger partial charge in [0.25, 0.3) is 5.91 Å². The molecule has 0 aromatic carbocycles. The van der Waals surface area contributed by atoms with Gasteiger partial charge in [-0.3, -0.25) is 4.79 Å². The first-order valence-corrected chi connectivity index (χ1v) is 4.42. The predicted molar refractivity (Wildman–Crippen MR) is 47.3 cm³/mol. The van der Waals surface area contributed by atoms with Crippen molar-refractivity contribution in [3.8, 4) is 0 Å². The Bertz CT molecular complexity index is 175. The van der Waals surface area contributed by atoms with E-state index in [1.54, 1.807) is 0 Å². The summed E-state index contributed by atoms with van der Waals surface area (Å²) in [6, 6.07) is 0. The van der Waals surface area contributed by atoms with Crippen LogP contribution >= 0.6 is 0 Å². The van der Waals surface area contributed by atoms with Gasteiger partial charge in [-0.2, -0.15) is 0 Å². The monoisotopic (exact) mass is 188 g/mol. The lowest BCUT2D eigenvalue weighted by Crippen LogP contribution is -2.48. The SMILES string of the molecule is CN1CCOC(C(=O)NCCO)C1. The molecule has 0 bridgehead atoms. The minimum absolute atomic E-state index is 0.0334. The molecule has 5 heteroatoms. The highest BCUT2D eigenvalue weighted by molar-refractivity contribution is 5.81. The fraction of sp³-hybridized carbons (Fsp3) is 0.875. The lowest BCUT2D eigenvalue weighted by atomic mass is 10.2. The van der Waals surface area contributed by atoms with Crippen molar-refractivity contribution in [2.45, 2.75) is 6.10 Å². The highest BCUT2D eigenvalue weighted by Crippen LogP contribution is 2.02. The van der Waals surface area contributed by atoms with Crippen LogP contribution in [-0.2, 0) is 9.53 Å². The molecule has 1 aliphatic rings. The topological polar surface area (TPSA) is 61.8 Å². The zero-order chi connectivity index (χ0) is 9.68. The first kappa shape index (κ1) is 10.4. The molecule has 0 aliphatic carbocycles. The summed E-state index contributed by atoms with van der Waals surface area (Å²) in [5, 5.41) is 11.1. The van der Waals surface area contributed by atoms with E-state index in [2.05, 4.69) is 5.32 Å². The summed E-state index contributed by atoms with van der Waals surface area (Å²) < 4.78 is 5.27. The number of carbonyl (C=O) groups is 1. The van der Waals surface area contributed by atoms with Crippen LogP contribution in [0.3, 0.4) is 0 Å². The average molecular weight is 188 g/mol. The van der Waals surface area contributed by atoms with Gasteiger partial charge in [0.05, 0.1) is 13.2 Å². The summed E-state index contributed by atoms with van der Waals surface area (Å²) in [5.41, 5.74) is 0. The Morgan fingerprint density at radius 3 is 3.15 bits per heavy atom. The van der Waals surface area contributed by atoms with Gasteiger partial charge in [0, 0.05) is 19.6 Å². The molecule has 1 amide bonds. The summed E-state index contributed by atoms with van der Waals surface area (Å²) in [5.74, 6) is -0.138. The van der Waals surface area contributed by atoms with Crippen LogP contribution in [-0.4, -0.2) is 61.9 Å². The molecule has 1 saturated heterocycles. The van der Waals surface area contributed by atoms with E-state index in [0.717, 1.165) is 6.54 Å². The number of nitrogens with zero attached hydrogens (tertiary/aromatic N) is 1. The van der Waals surface area contributed by atoms with Crippen molar-refractivity contribution in [2.24, 2.45) is 0 Å². The summed E-state index contributed by atoms with van der Waals surface area (Å²) in [6.45, 7) is 2.34. The summed E-state index contributed by atoms with van der Waals surface area (Å²) in [4.78, 5) is 13.4. The van der Waals surface area contributed by atoms with Crippen molar-refractivity contribution in [1.29, 1.82) is 0 Å². The van der Waals surface area contributed by atoms with Crippen LogP contribution in [0.25, 0.3) is 0 Å². The van der Waals surface area contributed by atoms with Crippen LogP contribution in [0.15, 0.2) is 0 Å². The van der Waals surface area contributed by atoms with Gasteiger partial charge >= 0.3 is 0 Å². The van der Waals surface area contributed by atoms with Crippen molar-refractivity contribution in [2.75, 3.05) is 39.9 Å². The molecule has 0 spiro atoms. The van der Waals surface area contributed by atoms with Crippen molar-refractivity contribution < 1.29 is 14.6 Å². The molecule has 0 aromatic heterocycles. The molecule has 1 fully saturated rings. The molecule has 76 valence electrons. The number of rotatable bonds is 3. The van der Waals surface area contributed by atoms with Crippen LogP contribution in [0, 0.1) is 0 Å². The third kappa shape index (κ3) is 3.30. The normalized spacial score (nSPS) is 24.3. The van der Waals surface area contributed by atoms with Gasteiger partial charge in [-0.15, -0.1) is 0 Å². The average Bonchev–Trinajstić information content (AvgIpc) is 2.14. The van der Waals surface area contributed by atoms with Crippen LogP contribution < -0.4 is 5.32 Å². The van der Waals surface area contributed by atoms with Gasteiger partial charge in [0.15, 0.2) is 0 Å². The minimum Gasteiger partial charge on any atom is -0.395 e. The van der Waals surface area contributed by atoms with Gasteiger partial charge in [0.1, 0.15) is 6.10 Å².